The van der Waals surface area contributed by atoms with Gasteiger partial charge in [-0.15, -0.1) is 6.58 Å². The van der Waals surface area contributed by atoms with E-state index in [9.17, 15) is 0 Å². The van der Waals surface area contributed by atoms with Gasteiger partial charge in [0.15, 0.2) is 0 Å². The van der Waals surface area contributed by atoms with Crippen LogP contribution in [0.3, 0.4) is 0 Å². The zero-order chi connectivity index (χ0) is 15.5. The number of allylic oxidation sites excluding steroid dienone is 1. The SMILES string of the molecule is C=CC.CCCCCCOC1CCCCC1.OCCO. The maximum Gasteiger partial charge on any atom is 0.0662 e. The molecule has 3 nitrogen and oxygen atoms in total. The lowest BCUT2D eigenvalue weighted by molar-refractivity contribution is 0.0263. The van der Waals surface area contributed by atoms with Gasteiger partial charge >= 0.3 is 0 Å². The van der Waals surface area contributed by atoms with Crippen molar-refractivity contribution >= 4 is 0 Å². The van der Waals surface area contributed by atoms with Crippen molar-refractivity contribution in [2.45, 2.75) is 77.7 Å². The number of aliphatic hydroxyl groups excluding tert-OH is 2. The Hall–Kier alpha value is -0.380. The third kappa shape index (κ3) is 19.9. The molecular formula is C17H36O3. The van der Waals surface area contributed by atoms with Gasteiger partial charge in [0.25, 0.3) is 0 Å². The molecule has 1 aliphatic rings. The molecule has 0 aromatic carbocycles. The molecule has 1 rings (SSSR count). The largest absolute Gasteiger partial charge is 0.394 e. The van der Waals surface area contributed by atoms with Crippen LogP contribution in [0, 0.1) is 0 Å². The van der Waals surface area contributed by atoms with Crippen LogP contribution in [0.25, 0.3) is 0 Å². The molecule has 0 aliphatic heterocycles. The standard InChI is InChI=1S/C12H24O.C3H6.C2H6O2/c1-2-3-4-8-11-13-12-9-6-5-7-10-12;1-3-2;3-1-2-4/h12H,2-11H2,1H3;3H,1H2,2H3;3-4H,1-2H2. The first kappa shape index (κ1) is 21.9. The second-order valence-electron chi connectivity index (χ2n) is 5.05. The smallest absolute Gasteiger partial charge is 0.0662 e. The molecule has 0 amide bonds. The quantitative estimate of drug-likeness (QED) is 0.548. The van der Waals surface area contributed by atoms with Gasteiger partial charge < -0.3 is 14.9 Å². The summed E-state index contributed by atoms with van der Waals surface area (Å²) in [5.74, 6) is 0. The number of hydrogen-bond acceptors (Lipinski definition) is 3. The van der Waals surface area contributed by atoms with Crippen LogP contribution in [-0.2, 0) is 4.74 Å². The Balaban J connectivity index is 0. The highest BCUT2D eigenvalue weighted by molar-refractivity contribution is 4.64. The normalized spacial score (nSPS) is 14.6. The molecule has 1 aliphatic carbocycles. The maximum atomic E-state index is 7.62. The molecule has 0 unspecified atom stereocenters. The molecule has 1 fully saturated rings. The molecule has 0 aromatic rings. The minimum Gasteiger partial charge on any atom is -0.394 e. The fourth-order valence-electron chi connectivity index (χ4n) is 2.01. The fourth-order valence-corrected chi connectivity index (χ4v) is 2.01. The molecule has 0 aromatic heterocycles. The number of unbranched alkanes of at least 4 members (excludes halogenated alkanes) is 3. The Morgan fingerprint density at radius 2 is 1.60 bits per heavy atom. The van der Waals surface area contributed by atoms with Gasteiger partial charge in [-0.3, -0.25) is 0 Å². The molecule has 0 spiro atoms. The molecule has 2 N–H and O–H groups in total. The summed E-state index contributed by atoms with van der Waals surface area (Å²) < 4.78 is 5.83. The molecule has 0 radical (unpaired) electrons. The predicted molar refractivity (Wildman–Crippen MR) is 87.0 cm³/mol. The summed E-state index contributed by atoms with van der Waals surface area (Å²) in [6.07, 6.45) is 14.5. The van der Waals surface area contributed by atoms with E-state index in [2.05, 4.69) is 13.5 Å². The predicted octanol–water partition coefficient (Wildman–Crippen LogP) is 4.08. The zero-order valence-corrected chi connectivity index (χ0v) is 13.6. The van der Waals surface area contributed by atoms with Crippen molar-refractivity contribution in [2.24, 2.45) is 0 Å². The van der Waals surface area contributed by atoms with Crippen LogP contribution in [0.2, 0.25) is 0 Å². The summed E-state index contributed by atoms with van der Waals surface area (Å²) in [6, 6.07) is 0. The Bertz CT molecular complexity index is 164. The first-order chi connectivity index (χ1) is 9.76. The first-order valence-electron chi connectivity index (χ1n) is 8.17. The average Bonchev–Trinajstić information content (AvgIpc) is 2.49. The van der Waals surface area contributed by atoms with Crippen LogP contribution >= 0.6 is 0 Å². The van der Waals surface area contributed by atoms with Crippen molar-refractivity contribution in [1.82, 2.24) is 0 Å². The van der Waals surface area contributed by atoms with Crippen LogP contribution in [0.15, 0.2) is 12.7 Å². The summed E-state index contributed by atoms with van der Waals surface area (Å²) >= 11 is 0. The van der Waals surface area contributed by atoms with Crippen LogP contribution in [0.5, 0.6) is 0 Å². The number of rotatable bonds is 7. The third-order valence-corrected chi connectivity index (χ3v) is 3.00. The van der Waals surface area contributed by atoms with Crippen molar-refractivity contribution in [3.63, 3.8) is 0 Å². The maximum absolute atomic E-state index is 7.62. The zero-order valence-electron chi connectivity index (χ0n) is 13.6. The molecule has 0 heterocycles. The van der Waals surface area contributed by atoms with Gasteiger partial charge in [0, 0.05) is 6.61 Å². The minimum absolute atomic E-state index is 0.125. The molecular weight excluding hydrogens is 252 g/mol. The molecule has 1 saturated carbocycles. The summed E-state index contributed by atoms with van der Waals surface area (Å²) in [7, 11) is 0. The highest BCUT2D eigenvalue weighted by atomic mass is 16.5. The van der Waals surface area contributed by atoms with Gasteiger partial charge in [-0.05, 0) is 26.2 Å². The van der Waals surface area contributed by atoms with Gasteiger partial charge in [0.05, 0.1) is 19.3 Å². The topological polar surface area (TPSA) is 49.7 Å². The molecule has 0 saturated heterocycles. The highest BCUT2D eigenvalue weighted by Gasteiger charge is 2.12. The van der Waals surface area contributed by atoms with Gasteiger partial charge in [-0.1, -0.05) is 51.5 Å². The second-order valence-corrected chi connectivity index (χ2v) is 5.05. The molecule has 0 bridgehead atoms. The number of ether oxygens (including phenoxy) is 1. The highest BCUT2D eigenvalue weighted by Crippen LogP contribution is 2.20. The Morgan fingerprint density at radius 1 is 1.05 bits per heavy atom. The number of aliphatic hydroxyl groups is 2. The minimum atomic E-state index is -0.125. The van der Waals surface area contributed by atoms with E-state index in [0.29, 0.717) is 6.10 Å². The van der Waals surface area contributed by atoms with Crippen LogP contribution in [-0.4, -0.2) is 36.1 Å². The van der Waals surface area contributed by atoms with E-state index in [1.807, 2.05) is 6.92 Å². The van der Waals surface area contributed by atoms with E-state index in [4.69, 9.17) is 14.9 Å². The van der Waals surface area contributed by atoms with Crippen LogP contribution in [0.4, 0.5) is 0 Å². The van der Waals surface area contributed by atoms with Gasteiger partial charge in [0.2, 0.25) is 0 Å². The van der Waals surface area contributed by atoms with Crippen molar-refractivity contribution in [2.75, 3.05) is 19.8 Å². The summed E-state index contributed by atoms with van der Waals surface area (Å²) in [5, 5.41) is 15.2. The fraction of sp³-hybridized carbons (Fsp3) is 0.882. The van der Waals surface area contributed by atoms with Crippen LogP contribution in [0.1, 0.15) is 71.6 Å². The lowest BCUT2D eigenvalue weighted by Gasteiger charge is -2.21. The van der Waals surface area contributed by atoms with E-state index in [0.717, 1.165) is 6.61 Å². The van der Waals surface area contributed by atoms with E-state index < -0.39 is 0 Å². The monoisotopic (exact) mass is 288 g/mol. The molecule has 122 valence electrons. The van der Waals surface area contributed by atoms with Gasteiger partial charge in [-0.25, -0.2) is 0 Å². The Labute approximate surface area is 126 Å². The van der Waals surface area contributed by atoms with E-state index >= 15 is 0 Å². The van der Waals surface area contributed by atoms with Gasteiger partial charge in [-0.2, -0.15) is 0 Å². The second kappa shape index (κ2) is 20.9. The molecule has 20 heavy (non-hydrogen) atoms. The third-order valence-electron chi connectivity index (χ3n) is 3.00. The Morgan fingerprint density at radius 3 is 2.05 bits per heavy atom. The van der Waals surface area contributed by atoms with Crippen LogP contribution < -0.4 is 0 Å². The molecule has 3 heteroatoms. The van der Waals surface area contributed by atoms with Crippen molar-refractivity contribution in [1.29, 1.82) is 0 Å². The summed E-state index contributed by atoms with van der Waals surface area (Å²) in [6.45, 7) is 8.26. The van der Waals surface area contributed by atoms with Crippen molar-refractivity contribution in [3.05, 3.63) is 12.7 Å². The van der Waals surface area contributed by atoms with E-state index in [1.165, 1.54) is 57.8 Å². The van der Waals surface area contributed by atoms with Crippen molar-refractivity contribution < 1.29 is 14.9 Å². The average molecular weight is 288 g/mol. The Kier molecular flexibility index (Phi) is 22.9. The molecule has 0 atom stereocenters. The lowest BCUT2D eigenvalue weighted by Crippen LogP contribution is -2.17. The van der Waals surface area contributed by atoms with Gasteiger partial charge in [0.1, 0.15) is 0 Å². The van der Waals surface area contributed by atoms with E-state index in [-0.39, 0.29) is 13.2 Å². The first-order valence-corrected chi connectivity index (χ1v) is 8.17. The summed E-state index contributed by atoms with van der Waals surface area (Å²) in [4.78, 5) is 0. The summed E-state index contributed by atoms with van der Waals surface area (Å²) in [5.41, 5.74) is 0. The lowest BCUT2D eigenvalue weighted by atomic mass is 9.98. The number of hydrogen-bond donors (Lipinski definition) is 2. The van der Waals surface area contributed by atoms with E-state index in [1.54, 1.807) is 6.08 Å². The van der Waals surface area contributed by atoms with Crippen molar-refractivity contribution in [3.8, 4) is 0 Å².